The summed E-state index contributed by atoms with van der Waals surface area (Å²) in [6.07, 6.45) is 0. The molecule has 0 saturated carbocycles. The minimum absolute atomic E-state index is 0.0189. The number of carbonyl (C=O) groups excluding carboxylic acids is 1. The Balaban J connectivity index is 1.47. The van der Waals surface area contributed by atoms with E-state index in [0.29, 0.717) is 3.90 Å². The van der Waals surface area contributed by atoms with Gasteiger partial charge < -0.3 is 0 Å². The Morgan fingerprint density at radius 1 is 1.00 bits per heavy atom. The van der Waals surface area contributed by atoms with Crippen LogP contribution in [0.4, 0.5) is 0 Å². The number of carboxylic acid groups (broad SMARTS) is 1. The van der Waals surface area contributed by atoms with Crippen LogP contribution in [-0.2, 0) is 14.3 Å². The zero-order valence-electron chi connectivity index (χ0n) is 15.5. The Hall–Kier alpha value is -2.00. The average Bonchev–Trinajstić information content (AvgIpc) is 3.42. The second-order valence-electron chi connectivity index (χ2n) is 6.49. The van der Waals surface area contributed by atoms with E-state index in [-0.39, 0.29) is 39.7 Å². The van der Waals surface area contributed by atoms with Crippen molar-refractivity contribution in [2.24, 2.45) is 0 Å². The molecule has 0 fully saturated rings. The first kappa shape index (κ1) is 20.9. The fourth-order valence-electron chi connectivity index (χ4n) is 3.02. The van der Waals surface area contributed by atoms with Gasteiger partial charge in [0.25, 0.3) is 0 Å². The summed E-state index contributed by atoms with van der Waals surface area (Å²) in [6, 6.07) is 15.4. The van der Waals surface area contributed by atoms with Gasteiger partial charge in [-0.15, -0.1) is 0 Å². The number of hydrogen-bond acceptors (Lipinski definition) is 8. The van der Waals surface area contributed by atoms with E-state index in [0.717, 1.165) is 35.2 Å². The zero-order chi connectivity index (χ0) is 21.6. The minimum atomic E-state index is -1.97. The van der Waals surface area contributed by atoms with E-state index in [9.17, 15) is 19.8 Å². The number of rotatable bonds is 6. The van der Waals surface area contributed by atoms with E-state index in [4.69, 9.17) is 4.74 Å². The number of cyclic esters (lactones) is 1. The van der Waals surface area contributed by atoms with Crippen LogP contribution in [0.15, 0.2) is 67.0 Å². The molecular weight excluding hydrogens is 570 g/mol. The van der Waals surface area contributed by atoms with Gasteiger partial charge in [-0.1, -0.05) is 0 Å². The molecule has 0 radical (unpaired) electrons. The van der Waals surface area contributed by atoms with E-state index in [1.165, 1.54) is 11.8 Å². The molecule has 0 aliphatic carbocycles. The number of nitrogens with zero attached hydrogens (tertiary/aromatic N) is 2. The van der Waals surface area contributed by atoms with E-state index < -0.39 is 23.3 Å². The van der Waals surface area contributed by atoms with Gasteiger partial charge in [-0.3, -0.25) is 0 Å². The number of aromatic nitrogens is 2. The van der Waals surface area contributed by atoms with Crippen molar-refractivity contribution in [3.05, 3.63) is 59.2 Å². The van der Waals surface area contributed by atoms with Crippen LogP contribution in [0.2, 0.25) is 0 Å². The fourth-order valence-corrected chi connectivity index (χ4v) is 10.3. The monoisotopic (exact) mass is 584 g/mol. The number of benzene rings is 2. The van der Waals surface area contributed by atoms with Gasteiger partial charge in [0.05, 0.1) is 0 Å². The van der Waals surface area contributed by atoms with E-state index in [2.05, 4.69) is 9.97 Å². The Kier molecular flexibility index (Phi) is 5.50. The number of esters is 1. The van der Waals surface area contributed by atoms with Crippen molar-refractivity contribution >= 4 is 84.0 Å². The average molecular weight is 582 g/mol. The summed E-state index contributed by atoms with van der Waals surface area (Å²) in [5.41, 5.74) is -0.269. The molecule has 11 heteroatoms. The Morgan fingerprint density at radius 3 is 2.19 bits per heavy atom. The molecular formula is C20H12N2O5S2Se2. The summed E-state index contributed by atoms with van der Waals surface area (Å²) < 4.78 is 8.92. The van der Waals surface area contributed by atoms with Crippen LogP contribution >= 0.6 is 23.5 Å². The number of carbonyl (C=O) groups is 2. The molecule has 1 atom stereocenters. The number of hydrogen-bond donors (Lipinski definition) is 2. The molecule has 31 heavy (non-hydrogen) atoms. The van der Waals surface area contributed by atoms with Gasteiger partial charge in [0.1, 0.15) is 0 Å². The van der Waals surface area contributed by atoms with Gasteiger partial charge in [-0.2, -0.15) is 0 Å². The van der Waals surface area contributed by atoms with E-state index in [1.54, 1.807) is 0 Å². The number of carboxylic acids is 1. The SMILES string of the molecule is O=C1OC(CSc2nc3ccccc3[se]2)(C(=O)O)C(Sc2nc3ccccc3[se]2)=C1O. The maximum absolute atomic E-state index is 12.3. The van der Waals surface area contributed by atoms with Gasteiger partial charge in [-0.25, -0.2) is 0 Å². The van der Waals surface area contributed by atoms with Crippen LogP contribution in [0.1, 0.15) is 0 Å². The number of fused-ring (bicyclic) bond motifs is 2. The maximum atomic E-state index is 12.3. The quantitative estimate of drug-likeness (QED) is 0.202. The Bertz CT molecular complexity index is 1320. The first-order chi connectivity index (χ1) is 15.0. The molecule has 5 rings (SSSR count). The second-order valence-corrected chi connectivity index (χ2v) is 13.9. The summed E-state index contributed by atoms with van der Waals surface area (Å²) in [7, 11) is 0. The van der Waals surface area contributed by atoms with E-state index in [1.807, 2.05) is 48.5 Å². The van der Waals surface area contributed by atoms with Crippen molar-refractivity contribution < 1.29 is 24.5 Å². The summed E-state index contributed by atoms with van der Waals surface area (Å²) >= 11 is 2.09. The molecule has 1 unspecified atom stereocenters. The van der Waals surface area contributed by atoms with Crippen LogP contribution in [0.3, 0.4) is 0 Å². The fraction of sp³-hybridized carbons (Fsp3) is 0.100. The van der Waals surface area contributed by atoms with Gasteiger partial charge in [0, 0.05) is 0 Å². The van der Waals surface area contributed by atoms with Gasteiger partial charge in [0.15, 0.2) is 0 Å². The predicted molar refractivity (Wildman–Crippen MR) is 120 cm³/mol. The third-order valence-corrected chi connectivity index (χ3v) is 12.0. The molecule has 0 saturated heterocycles. The van der Waals surface area contributed by atoms with Crippen molar-refractivity contribution in [2.75, 3.05) is 5.75 Å². The molecule has 156 valence electrons. The standard InChI is InChI=1S/C20H12N2O5S2Se2/c23-14-15(29-19-22-11-6-2-4-8-13(11)31-19)20(17(25)26,27-16(14)24)9-28-18-21-10-5-1-3-7-12(10)30-18/h1-8,23H,9H2,(H,25,26). The van der Waals surface area contributed by atoms with Crippen LogP contribution in [0.5, 0.6) is 0 Å². The van der Waals surface area contributed by atoms with Crippen molar-refractivity contribution in [2.45, 2.75) is 13.4 Å². The van der Waals surface area contributed by atoms with Gasteiger partial charge in [0.2, 0.25) is 0 Å². The number of aliphatic hydroxyl groups is 1. The topological polar surface area (TPSA) is 110 Å². The van der Waals surface area contributed by atoms with Crippen molar-refractivity contribution in [3.8, 4) is 0 Å². The summed E-state index contributed by atoms with van der Waals surface area (Å²) in [5, 5.41) is 20.4. The van der Waals surface area contributed by atoms with Crippen molar-refractivity contribution in [1.29, 1.82) is 0 Å². The van der Waals surface area contributed by atoms with Gasteiger partial charge >= 0.3 is 197 Å². The number of ether oxygens (including phenoxy) is 1. The molecule has 0 amide bonds. The summed E-state index contributed by atoms with van der Waals surface area (Å²) in [4.78, 5) is 33.6. The normalized spacial score (nSPS) is 18.8. The molecule has 4 aromatic rings. The molecule has 2 N–H and O–H groups in total. The predicted octanol–water partition coefficient (Wildman–Crippen LogP) is 2.93. The van der Waals surface area contributed by atoms with Crippen LogP contribution in [0.25, 0.3) is 19.6 Å². The second kappa shape index (κ2) is 8.16. The van der Waals surface area contributed by atoms with Crippen LogP contribution in [0, 0.1) is 0 Å². The molecule has 2 aromatic heterocycles. The first-order valence-electron chi connectivity index (χ1n) is 8.88. The molecule has 1 aliphatic rings. The number of aliphatic carboxylic acids is 1. The number of aliphatic hydroxyl groups excluding tert-OH is 1. The molecule has 3 heterocycles. The molecule has 1 aliphatic heterocycles. The molecule has 0 spiro atoms. The number of para-hydroxylation sites is 2. The zero-order valence-corrected chi connectivity index (χ0v) is 20.5. The third kappa shape index (κ3) is 3.75. The Labute approximate surface area is 196 Å². The van der Waals surface area contributed by atoms with Crippen LogP contribution < -0.4 is 0 Å². The molecule has 7 nitrogen and oxygen atoms in total. The van der Waals surface area contributed by atoms with E-state index >= 15 is 0 Å². The summed E-state index contributed by atoms with van der Waals surface area (Å²) in [6.45, 7) is 0. The van der Waals surface area contributed by atoms with Gasteiger partial charge in [-0.05, 0) is 0 Å². The first-order valence-corrected chi connectivity index (χ1v) is 14.1. The summed E-state index contributed by atoms with van der Waals surface area (Å²) in [5.74, 6) is -3.10. The Morgan fingerprint density at radius 2 is 1.58 bits per heavy atom. The number of thioether (sulfide) groups is 2. The third-order valence-electron chi connectivity index (χ3n) is 4.52. The van der Waals surface area contributed by atoms with Crippen molar-refractivity contribution in [1.82, 2.24) is 9.97 Å². The molecule has 2 aromatic carbocycles. The molecule has 0 bridgehead atoms. The van der Waals surface area contributed by atoms with Crippen LogP contribution in [-0.4, -0.2) is 72.5 Å². The van der Waals surface area contributed by atoms with Crippen molar-refractivity contribution in [3.63, 3.8) is 0 Å².